The molecule has 2 N–H and O–H groups in total. The smallest absolute Gasteiger partial charge is 0.145 e. The summed E-state index contributed by atoms with van der Waals surface area (Å²) < 4.78 is 0. The van der Waals surface area contributed by atoms with Gasteiger partial charge in [0.1, 0.15) is 23.3 Å². The Morgan fingerprint density at radius 1 is 1.00 bits per heavy atom. The summed E-state index contributed by atoms with van der Waals surface area (Å²) in [5, 5.41) is 10.9. The fraction of sp³-hybridized carbons (Fsp3) is 0.0556. The first-order valence-electron chi connectivity index (χ1n) is 7.25. The molecular formula is C18H11Cl3N4. The summed E-state index contributed by atoms with van der Waals surface area (Å²) in [5.74, 6) is 0.547. The summed E-state index contributed by atoms with van der Waals surface area (Å²) in [4.78, 5) is 8.73. The number of nitrogen functional groups attached to an aromatic ring is 1. The van der Waals surface area contributed by atoms with Crippen LogP contribution in [0.1, 0.15) is 17.0 Å². The Morgan fingerprint density at radius 3 is 2.44 bits per heavy atom. The molecule has 0 saturated carbocycles. The predicted molar refractivity (Wildman–Crippen MR) is 101 cm³/mol. The van der Waals surface area contributed by atoms with Gasteiger partial charge in [-0.2, -0.15) is 5.26 Å². The predicted octanol–water partition coefficient (Wildman–Crippen LogP) is 5.15. The summed E-state index contributed by atoms with van der Waals surface area (Å²) in [6.45, 7) is 0. The number of hydrogen-bond donors (Lipinski definition) is 1. The molecule has 124 valence electrons. The van der Waals surface area contributed by atoms with Crippen molar-refractivity contribution >= 4 is 40.6 Å². The van der Waals surface area contributed by atoms with Gasteiger partial charge in [-0.1, -0.05) is 53.0 Å². The molecule has 1 heterocycles. The highest BCUT2D eigenvalue weighted by Crippen LogP contribution is 2.33. The van der Waals surface area contributed by atoms with Gasteiger partial charge in [-0.15, -0.1) is 0 Å². The van der Waals surface area contributed by atoms with Crippen LogP contribution in [0.25, 0.3) is 11.3 Å². The van der Waals surface area contributed by atoms with E-state index in [9.17, 15) is 5.26 Å². The van der Waals surface area contributed by atoms with E-state index in [1.165, 1.54) is 0 Å². The van der Waals surface area contributed by atoms with Crippen LogP contribution in [-0.4, -0.2) is 9.97 Å². The topological polar surface area (TPSA) is 75.6 Å². The van der Waals surface area contributed by atoms with Gasteiger partial charge in [0, 0.05) is 22.0 Å². The third kappa shape index (κ3) is 3.69. The van der Waals surface area contributed by atoms with Gasteiger partial charge < -0.3 is 5.73 Å². The number of halogens is 3. The third-order valence-corrected chi connectivity index (χ3v) is 4.50. The maximum absolute atomic E-state index is 9.43. The van der Waals surface area contributed by atoms with E-state index in [-0.39, 0.29) is 11.4 Å². The lowest BCUT2D eigenvalue weighted by Gasteiger charge is -2.11. The zero-order chi connectivity index (χ0) is 18.0. The van der Waals surface area contributed by atoms with Gasteiger partial charge in [0.2, 0.25) is 0 Å². The molecule has 0 fully saturated rings. The van der Waals surface area contributed by atoms with Gasteiger partial charge in [-0.05, 0) is 29.8 Å². The molecule has 2 aromatic carbocycles. The van der Waals surface area contributed by atoms with Gasteiger partial charge in [-0.3, -0.25) is 0 Å². The molecule has 7 heteroatoms. The minimum absolute atomic E-state index is 0.0978. The number of nitrogens with two attached hydrogens (primary N) is 1. The standard InChI is InChI=1S/C18H11Cl3N4/c19-11-5-6-12(15(21)8-11)17-13(9-22)18(23)25-16(24-17)7-10-3-1-2-4-14(10)20/h1-6,8H,7H2,(H2,23,24,25). The molecule has 0 amide bonds. The van der Waals surface area contributed by atoms with Crippen LogP contribution < -0.4 is 5.73 Å². The summed E-state index contributed by atoms with van der Waals surface area (Å²) in [6.07, 6.45) is 0.383. The van der Waals surface area contributed by atoms with E-state index in [0.29, 0.717) is 38.6 Å². The van der Waals surface area contributed by atoms with Crippen LogP contribution in [0.3, 0.4) is 0 Å². The monoisotopic (exact) mass is 388 g/mol. The number of rotatable bonds is 3. The fourth-order valence-corrected chi connectivity index (χ4v) is 3.10. The number of nitrogens with zero attached hydrogens (tertiary/aromatic N) is 3. The largest absolute Gasteiger partial charge is 0.382 e. The molecule has 0 bridgehead atoms. The first-order valence-corrected chi connectivity index (χ1v) is 8.38. The lowest BCUT2D eigenvalue weighted by Crippen LogP contribution is -2.06. The van der Waals surface area contributed by atoms with Gasteiger partial charge in [-0.25, -0.2) is 9.97 Å². The molecule has 0 spiro atoms. The Balaban J connectivity index is 2.13. The molecule has 0 atom stereocenters. The van der Waals surface area contributed by atoms with Crippen molar-refractivity contribution in [1.29, 1.82) is 5.26 Å². The second-order valence-electron chi connectivity index (χ2n) is 5.25. The molecule has 0 radical (unpaired) electrons. The van der Waals surface area contributed by atoms with E-state index in [1.807, 2.05) is 24.3 Å². The van der Waals surface area contributed by atoms with Crippen LogP contribution in [0.15, 0.2) is 42.5 Å². The molecule has 0 saturated heterocycles. The third-order valence-electron chi connectivity index (χ3n) is 3.59. The zero-order valence-electron chi connectivity index (χ0n) is 12.8. The van der Waals surface area contributed by atoms with E-state index in [0.717, 1.165) is 5.56 Å². The minimum Gasteiger partial charge on any atom is -0.382 e. The molecule has 3 aromatic rings. The minimum atomic E-state index is 0.0978. The number of aromatic nitrogens is 2. The van der Waals surface area contributed by atoms with E-state index >= 15 is 0 Å². The zero-order valence-corrected chi connectivity index (χ0v) is 15.1. The summed E-state index contributed by atoms with van der Waals surface area (Å²) in [5.41, 5.74) is 7.94. The van der Waals surface area contributed by atoms with Crippen molar-refractivity contribution in [2.75, 3.05) is 5.73 Å². The normalized spacial score (nSPS) is 10.5. The molecule has 0 aliphatic rings. The first-order chi connectivity index (χ1) is 12.0. The Bertz CT molecular complexity index is 996. The van der Waals surface area contributed by atoms with Gasteiger partial charge in [0.05, 0.1) is 10.7 Å². The number of hydrogen-bond acceptors (Lipinski definition) is 4. The highest BCUT2D eigenvalue weighted by atomic mass is 35.5. The van der Waals surface area contributed by atoms with Crippen molar-refractivity contribution in [1.82, 2.24) is 9.97 Å². The van der Waals surface area contributed by atoms with E-state index in [4.69, 9.17) is 40.5 Å². The number of benzene rings is 2. The van der Waals surface area contributed by atoms with E-state index in [1.54, 1.807) is 24.3 Å². The number of anilines is 1. The van der Waals surface area contributed by atoms with Crippen LogP contribution in [0.5, 0.6) is 0 Å². The summed E-state index contributed by atoms with van der Waals surface area (Å²) in [7, 11) is 0. The fourth-order valence-electron chi connectivity index (χ4n) is 2.40. The Morgan fingerprint density at radius 2 is 1.76 bits per heavy atom. The summed E-state index contributed by atoms with van der Waals surface area (Å²) >= 11 is 18.4. The summed E-state index contributed by atoms with van der Waals surface area (Å²) in [6, 6.07) is 14.4. The van der Waals surface area contributed by atoms with Gasteiger partial charge in [0.15, 0.2) is 0 Å². The van der Waals surface area contributed by atoms with Crippen molar-refractivity contribution in [2.45, 2.75) is 6.42 Å². The van der Waals surface area contributed by atoms with E-state index < -0.39 is 0 Å². The molecule has 3 rings (SSSR count). The van der Waals surface area contributed by atoms with Crippen molar-refractivity contribution in [3.05, 3.63) is 74.5 Å². The lowest BCUT2D eigenvalue weighted by molar-refractivity contribution is 0.974. The van der Waals surface area contributed by atoms with Crippen molar-refractivity contribution < 1.29 is 0 Å². The lowest BCUT2D eigenvalue weighted by atomic mass is 10.1. The average molecular weight is 390 g/mol. The van der Waals surface area contributed by atoms with Crippen molar-refractivity contribution in [3.8, 4) is 17.3 Å². The van der Waals surface area contributed by atoms with E-state index in [2.05, 4.69) is 9.97 Å². The second kappa shape index (κ2) is 7.28. The van der Waals surface area contributed by atoms with Crippen LogP contribution in [-0.2, 0) is 6.42 Å². The van der Waals surface area contributed by atoms with Crippen molar-refractivity contribution in [3.63, 3.8) is 0 Å². The molecule has 4 nitrogen and oxygen atoms in total. The van der Waals surface area contributed by atoms with Crippen LogP contribution in [0.4, 0.5) is 5.82 Å². The Kier molecular flexibility index (Phi) is 5.10. The van der Waals surface area contributed by atoms with Crippen molar-refractivity contribution in [2.24, 2.45) is 0 Å². The van der Waals surface area contributed by atoms with Crippen LogP contribution >= 0.6 is 34.8 Å². The maximum atomic E-state index is 9.43. The highest BCUT2D eigenvalue weighted by Gasteiger charge is 2.17. The Labute approximate surface area is 159 Å². The quantitative estimate of drug-likeness (QED) is 0.672. The molecule has 1 aromatic heterocycles. The Hall–Kier alpha value is -2.32. The molecule has 25 heavy (non-hydrogen) atoms. The molecule has 0 aliphatic heterocycles. The van der Waals surface area contributed by atoms with Gasteiger partial charge in [0.25, 0.3) is 0 Å². The highest BCUT2D eigenvalue weighted by molar-refractivity contribution is 6.36. The second-order valence-corrected chi connectivity index (χ2v) is 6.50. The molecule has 0 unspecified atom stereocenters. The van der Waals surface area contributed by atoms with Gasteiger partial charge >= 0.3 is 0 Å². The molecule has 0 aliphatic carbocycles. The number of nitriles is 1. The van der Waals surface area contributed by atoms with Crippen LogP contribution in [0, 0.1) is 11.3 Å². The average Bonchev–Trinajstić information content (AvgIpc) is 2.56. The maximum Gasteiger partial charge on any atom is 0.145 e. The SMILES string of the molecule is N#Cc1c(N)nc(Cc2ccccc2Cl)nc1-c1ccc(Cl)cc1Cl. The first kappa shape index (κ1) is 17.5. The van der Waals surface area contributed by atoms with Crippen LogP contribution in [0.2, 0.25) is 15.1 Å². The molecular weight excluding hydrogens is 379 g/mol.